The van der Waals surface area contributed by atoms with Crippen LogP contribution in [0, 0.1) is 5.41 Å². The van der Waals surface area contributed by atoms with Crippen LogP contribution in [0.2, 0.25) is 5.02 Å². The molecule has 0 aliphatic carbocycles. The molecule has 1 aromatic carbocycles. The summed E-state index contributed by atoms with van der Waals surface area (Å²) in [7, 11) is 1.59. The number of ether oxygens (including phenoxy) is 1. The Balaban J connectivity index is 1.45. The Hall–Kier alpha value is -1.91. The predicted molar refractivity (Wildman–Crippen MR) is 142 cm³/mol. The van der Waals surface area contributed by atoms with E-state index in [2.05, 4.69) is 14.9 Å². The summed E-state index contributed by atoms with van der Waals surface area (Å²) in [6, 6.07) is 5.48. The number of likely N-dealkylation sites (tertiary alicyclic amines) is 1. The quantitative estimate of drug-likeness (QED) is 0.299. The number of rotatable bonds is 10. The van der Waals surface area contributed by atoms with Gasteiger partial charge < -0.3 is 19.8 Å². The van der Waals surface area contributed by atoms with E-state index in [0.29, 0.717) is 29.2 Å². The number of carbonyl (C=O) groups is 1. The number of piperidine rings is 1. The minimum atomic E-state index is -0.837. The Morgan fingerprint density at radius 1 is 1.34 bits per heavy atom. The minimum absolute atomic E-state index is 0.0444. The molecule has 2 atom stereocenters. The fourth-order valence-electron chi connectivity index (χ4n) is 4.99. The summed E-state index contributed by atoms with van der Waals surface area (Å²) in [4.78, 5) is 22.8. The van der Waals surface area contributed by atoms with Crippen molar-refractivity contribution in [2.24, 2.45) is 5.41 Å². The van der Waals surface area contributed by atoms with Gasteiger partial charge in [-0.05, 0) is 62.4 Å². The highest BCUT2D eigenvalue weighted by atomic mass is 35.5. The molecular formula is C25H30ClN3O4S2. The number of aromatic nitrogens is 2. The number of thiazole rings is 1. The standard InChI is InChI=1S/C25H30ClN3O4S2/c1-33-16-2-3-19-17(12-16)23(18(26)14-28-19)20(30)4-5-25(13-22(31)32)6-9-29(10-7-25)15-21(34)24-27-8-11-35-24/h2-3,8,11-12,14,20-21,30,34H,4-7,9-10,13,15H2,1H3,(H,31,32). The maximum absolute atomic E-state index is 11.8. The van der Waals surface area contributed by atoms with E-state index in [0.717, 1.165) is 48.4 Å². The number of aliphatic hydroxyl groups excluding tert-OH is 1. The summed E-state index contributed by atoms with van der Waals surface area (Å²) < 4.78 is 5.34. The molecule has 2 aromatic heterocycles. The third kappa shape index (κ3) is 6.27. The SMILES string of the molecule is COc1ccc2ncc(Cl)c(C(O)CCC3(CC(=O)O)CCN(CC(S)c4nccs4)CC3)c2c1. The first kappa shape index (κ1) is 26.2. The molecule has 2 unspecified atom stereocenters. The lowest BCUT2D eigenvalue weighted by Gasteiger charge is -2.42. The number of carboxylic acids is 1. The van der Waals surface area contributed by atoms with Crippen LogP contribution in [0.15, 0.2) is 36.0 Å². The number of methoxy groups -OCH3 is 1. The molecule has 0 bridgehead atoms. The van der Waals surface area contributed by atoms with Crippen molar-refractivity contribution in [2.45, 2.75) is 43.5 Å². The van der Waals surface area contributed by atoms with Gasteiger partial charge >= 0.3 is 5.97 Å². The van der Waals surface area contributed by atoms with E-state index in [4.69, 9.17) is 29.0 Å². The average molecular weight is 536 g/mol. The van der Waals surface area contributed by atoms with Crippen molar-refractivity contribution in [1.82, 2.24) is 14.9 Å². The highest BCUT2D eigenvalue weighted by Crippen LogP contribution is 2.43. The third-order valence-electron chi connectivity index (χ3n) is 6.96. The van der Waals surface area contributed by atoms with Crippen LogP contribution in [0.25, 0.3) is 10.9 Å². The van der Waals surface area contributed by atoms with Crippen LogP contribution in [-0.4, -0.2) is 57.8 Å². The van der Waals surface area contributed by atoms with Gasteiger partial charge in [-0.15, -0.1) is 11.3 Å². The molecule has 0 radical (unpaired) electrons. The molecule has 35 heavy (non-hydrogen) atoms. The summed E-state index contributed by atoms with van der Waals surface area (Å²) in [6.07, 6.45) is 5.10. The molecule has 1 fully saturated rings. The number of hydrogen-bond donors (Lipinski definition) is 3. The number of benzene rings is 1. The van der Waals surface area contributed by atoms with Crippen LogP contribution in [0.3, 0.4) is 0 Å². The molecule has 188 valence electrons. The van der Waals surface area contributed by atoms with Crippen LogP contribution in [0.5, 0.6) is 5.75 Å². The van der Waals surface area contributed by atoms with Gasteiger partial charge in [0.15, 0.2) is 0 Å². The van der Waals surface area contributed by atoms with Crippen molar-refractivity contribution in [1.29, 1.82) is 0 Å². The third-order valence-corrected chi connectivity index (χ3v) is 8.73. The first-order chi connectivity index (χ1) is 16.8. The lowest BCUT2D eigenvalue weighted by molar-refractivity contribution is -0.141. The van der Waals surface area contributed by atoms with Gasteiger partial charge in [0.25, 0.3) is 0 Å². The first-order valence-corrected chi connectivity index (χ1v) is 13.4. The molecule has 0 saturated carbocycles. The fourth-order valence-corrected chi connectivity index (χ4v) is 6.36. The van der Waals surface area contributed by atoms with E-state index >= 15 is 0 Å². The molecule has 1 saturated heterocycles. The Labute approximate surface area is 219 Å². The number of nitrogens with zero attached hydrogens (tertiary/aromatic N) is 3. The monoisotopic (exact) mass is 535 g/mol. The smallest absolute Gasteiger partial charge is 0.303 e. The van der Waals surface area contributed by atoms with Gasteiger partial charge in [0, 0.05) is 35.3 Å². The maximum atomic E-state index is 11.8. The van der Waals surface area contributed by atoms with E-state index in [1.54, 1.807) is 30.8 Å². The second-order valence-corrected chi connectivity index (χ2v) is 11.2. The second kappa shape index (κ2) is 11.4. The van der Waals surface area contributed by atoms with Crippen molar-refractivity contribution < 1.29 is 19.7 Å². The maximum Gasteiger partial charge on any atom is 0.303 e. The largest absolute Gasteiger partial charge is 0.497 e. The normalized spacial score (nSPS) is 17.8. The number of hydrogen-bond acceptors (Lipinski definition) is 8. The number of thiol groups is 1. The fraction of sp³-hybridized carbons (Fsp3) is 0.480. The van der Waals surface area contributed by atoms with Crippen molar-refractivity contribution in [3.05, 3.63) is 51.6 Å². The van der Waals surface area contributed by atoms with E-state index in [9.17, 15) is 15.0 Å². The number of carboxylic acid groups (broad SMARTS) is 1. The van der Waals surface area contributed by atoms with Crippen molar-refractivity contribution >= 4 is 52.4 Å². The molecule has 4 rings (SSSR count). The Bertz CT molecular complexity index is 1150. The average Bonchev–Trinajstić information content (AvgIpc) is 3.38. The first-order valence-electron chi connectivity index (χ1n) is 11.6. The molecule has 0 amide bonds. The zero-order chi connectivity index (χ0) is 25.0. The molecule has 1 aliphatic heterocycles. The van der Waals surface area contributed by atoms with E-state index in [-0.39, 0.29) is 17.1 Å². The van der Waals surface area contributed by atoms with Gasteiger partial charge in [0.2, 0.25) is 0 Å². The zero-order valence-electron chi connectivity index (χ0n) is 19.6. The number of halogens is 1. The molecule has 3 aromatic rings. The number of pyridine rings is 1. The number of aliphatic hydroxyl groups is 1. The van der Waals surface area contributed by atoms with Gasteiger partial charge in [-0.1, -0.05) is 11.6 Å². The number of aliphatic carboxylic acids is 1. The van der Waals surface area contributed by atoms with Gasteiger partial charge in [-0.2, -0.15) is 12.6 Å². The van der Waals surface area contributed by atoms with Gasteiger partial charge in [-0.3, -0.25) is 9.78 Å². The number of fused-ring (bicyclic) bond motifs is 1. The Morgan fingerprint density at radius 2 is 2.11 bits per heavy atom. The molecule has 0 spiro atoms. The lowest BCUT2D eigenvalue weighted by atomic mass is 9.71. The van der Waals surface area contributed by atoms with Gasteiger partial charge in [-0.25, -0.2) is 4.98 Å². The van der Waals surface area contributed by atoms with E-state index in [1.165, 1.54) is 0 Å². The summed E-state index contributed by atoms with van der Waals surface area (Å²) in [6.45, 7) is 2.37. The minimum Gasteiger partial charge on any atom is -0.497 e. The molecule has 3 heterocycles. The second-order valence-electron chi connectivity index (χ2n) is 9.21. The predicted octanol–water partition coefficient (Wildman–Crippen LogP) is 5.39. The van der Waals surface area contributed by atoms with Crippen molar-refractivity contribution in [2.75, 3.05) is 26.7 Å². The lowest BCUT2D eigenvalue weighted by Crippen LogP contribution is -2.42. The highest BCUT2D eigenvalue weighted by molar-refractivity contribution is 7.80. The molecular weight excluding hydrogens is 506 g/mol. The van der Waals surface area contributed by atoms with Crippen LogP contribution >= 0.6 is 35.6 Å². The van der Waals surface area contributed by atoms with Gasteiger partial charge in [0.1, 0.15) is 10.8 Å². The Morgan fingerprint density at radius 3 is 2.77 bits per heavy atom. The van der Waals surface area contributed by atoms with Crippen molar-refractivity contribution in [3.63, 3.8) is 0 Å². The van der Waals surface area contributed by atoms with Crippen LogP contribution in [-0.2, 0) is 4.79 Å². The molecule has 2 N–H and O–H groups in total. The molecule has 7 nitrogen and oxygen atoms in total. The van der Waals surface area contributed by atoms with Crippen LogP contribution in [0.1, 0.15) is 54.0 Å². The summed E-state index contributed by atoms with van der Waals surface area (Å²) >= 11 is 12.8. The molecule has 10 heteroatoms. The van der Waals surface area contributed by atoms with Crippen LogP contribution in [0.4, 0.5) is 0 Å². The van der Waals surface area contributed by atoms with Crippen molar-refractivity contribution in [3.8, 4) is 5.75 Å². The molecule has 1 aliphatic rings. The zero-order valence-corrected chi connectivity index (χ0v) is 22.0. The van der Waals surface area contributed by atoms with Gasteiger partial charge in [0.05, 0.1) is 35.4 Å². The van der Waals surface area contributed by atoms with E-state index in [1.807, 2.05) is 23.6 Å². The summed E-state index contributed by atoms with van der Waals surface area (Å²) in [5.74, 6) is -0.148. The van der Waals surface area contributed by atoms with E-state index < -0.39 is 12.1 Å². The van der Waals surface area contributed by atoms with Crippen LogP contribution < -0.4 is 4.74 Å². The topological polar surface area (TPSA) is 95.8 Å². The summed E-state index contributed by atoms with van der Waals surface area (Å²) in [5, 5.41) is 25.0. The Kier molecular flexibility index (Phi) is 8.54. The highest BCUT2D eigenvalue weighted by Gasteiger charge is 2.37. The summed E-state index contributed by atoms with van der Waals surface area (Å²) in [5.41, 5.74) is 0.961.